The van der Waals surface area contributed by atoms with Crippen molar-refractivity contribution in [2.75, 3.05) is 6.26 Å². The lowest BCUT2D eigenvalue weighted by atomic mass is 9.99. The van der Waals surface area contributed by atoms with Gasteiger partial charge in [-0.2, -0.15) is 0 Å². The zero-order valence-corrected chi connectivity index (χ0v) is 21.9. The zero-order valence-electron chi connectivity index (χ0n) is 20.2. The predicted octanol–water partition coefficient (Wildman–Crippen LogP) is 4.21. The van der Waals surface area contributed by atoms with Crippen LogP contribution >= 0.6 is 8.46 Å². The van der Waals surface area contributed by atoms with Crippen LogP contribution in [0.15, 0.2) is 65.6 Å². The first-order valence-electron chi connectivity index (χ1n) is 11.2. The van der Waals surface area contributed by atoms with Crippen molar-refractivity contribution < 1.29 is 22.2 Å². The number of carbonyl (C=O) groups excluding carboxylic acids is 1. The van der Waals surface area contributed by atoms with Crippen LogP contribution in [-0.2, 0) is 21.1 Å². The first-order chi connectivity index (χ1) is 17.5. The minimum absolute atomic E-state index is 0.128. The number of rotatable bonds is 7. The van der Waals surface area contributed by atoms with E-state index in [-0.39, 0.29) is 37.4 Å². The van der Waals surface area contributed by atoms with E-state index in [9.17, 15) is 27.0 Å². The van der Waals surface area contributed by atoms with E-state index in [1.54, 1.807) is 12.1 Å². The third-order valence-corrected chi connectivity index (χ3v) is 7.04. The molecule has 0 saturated carbocycles. The lowest BCUT2D eigenvalue weighted by Crippen LogP contribution is -2.32. The number of hydrogen-bond acceptors (Lipinski definition) is 5. The van der Waals surface area contributed by atoms with E-state index in [4.69, 9.17) is 0 Å². The van der Waals surface area contributed by atoms with Crippen LogP contribution in [0.3, 0.4) is 0 Å². The van der Waals surface area contributed by atoms with Gasteiger partial charge in [0.15, 0.2) is 8.46 Å². The van der Waals surface area contributed by atoms with Gasteiger partial charge in [0.05, 0.1) is 12.8 Å². The summed E-state index contributed by atoms with van der Waals surface area (Å²) in [7, 11) is -4.28. The first kappa shape index (κ1) is 26.2. The number of H-pyrrole nitrogens is 1. The Hall–Kier alpha value is -3.88. The maximum Gasteiger partial charge on any atom is 0.282 e. The fourth-order valence-corrected chi connectivity index (χ4v) is 4.96. The number of fused-ring (bicyclic) bond motifs is 1. The second kappa shape index (κ2) is 10.2. The number of carbonyl (C=O) groups is 1. The van der Waals surface area contributed by atoms with Crippen molar-refractivity contribution >= 4 is 46.2 Å². The van der Waals surface area contributed by atoms with Crippen molar-refractivity contribution in [1.29, 1.82) is 0 Å². The molecule has 0 radical (unpaired) electrons. The van der Waals surface area contributed by atoms with Gasteiger partial charge in [0.1, 0.15) is 11.5 Å². The van der Waals surface area contributed by atoms with E-state index in [0.717, 1.165) is 17.4 Å². The molecule has 0 bridgehead atoms. The summed E-state index contributed by atoms with van der Waals surface area (Å²) in [4.78, 5) is 28.9. The third kappa shape index (κ3) is 5.30. The summed E-state index contributed by atoms with van der Waals surface area (Å²) in [6.07, 6.45) is 4.20. The van der Waals surface area contributed by atoms with Gasteiger partial charge in [0, 0.05) is 39.1 Å². The van der Waals surface area contributed by atoms with Gasteiger partial charge in [-0.15, -0.1) is 0 Å². The largest absolute Gasteiger partial charge is 0.331 e. The number of sulfonamides is 1. The summed E-state index contributed by atoms with van der Waals surface area (Å²) < 4.78 is 53.7. The molecule has 0 aliphatic rings. The van der Waals surface area contributed by atoms with Crippen molar-refractivity contribution in [2.45, 2.75) is 20.4 Å². The fraction of sp³-hybridized carbons (Fsp3) is 0.154. The average molecular weight is 540 g/mol. The quantitative estimate of drug-likeness (QED) is 0.341. The summed E-state index contributed by atoms with van der Waals surface area (Å²) >= 11 is 0. The van der Waals surface area contributed by atoms with Crippen LogP contribution in [0.5, 0.6) is 0 Å². The number of aromatic nitrogens is 2. The summed E-state index contributed by atoms with van der Waals surface area (Å²) in [5, 5.41) is 0.841. The average Bonchev–Trinajstić information content (AvgIpc) is 3.17. The van der Waals surface area contributed by atoms with Crippen LogP contribution in [-0.4, -0.2) is 30.1 Å². The Kier molecular flexibility index (Phi) is 7.25. The highest BCUT2D eigenvalue weighted by molar-refractivity contribution is 7.89. The molecule has 0 unspecified atom stereocenters. The molecule has 11 heteroatoms. The molecule has 0 saturated heterocycles. The first-order valence-corrected chi connectivity index (χ1v) is 13.9. The van der Waals surface area contributed by atoms with Crippen molar-refractivity contribution in [1.82, 2.24) is 14.3 Å². The smallest absolute Gasteiger partial charge is 0.282 e. The molecule has 2 aromatic carbocycles. The third-order valence-electron chi connectivity index (χ3n) is 6.00. The highest BCUT2D eigenvalue weighted by Gasteiger charge is 2.28. The summed E-state index contributed by atoms with van der Waals surface area (Å²) in [6.45, 7) is 3.60. The summed E-state index contributed by atoms with van der Waals surface area (Å²) in [6, 6.07) is 12.5. The van der Waals surface area contributed by atoms with Crippen LogP contribution in [0.2, 0.25) is 0 Å². The Balaban J connectivity index is 2.14. The number of nitrogens with one attached hydrogen (secondary N) is 2. The number of hydrogen-bond donors (Lipinski definition) is 2. The summed E-state index contributed by atoms with van der Waals surface area (Å²) in [5.41, 5.74) is 2.13. The number of amides is 1. The molecule has 2 N–H and O–H groups in total. The summed E-state index contributed by atoms with van der Waals surface area (Å²) in [5.74, 6) is -1.57. The van der Waals surface area contributed by atoms with Crippen molar-refractivity contribution in [3.05, 3.63) is 93.8 Å². The Morgan fingerprint density at radius 2 is 1.95 bits per heavy atom. The molecule has 4 aromatic rings. The van der Waals surface area contributed by atoms with Crippen molar-refractivity contribution in [3.63, 3.8) is 0 Å². The molecule has 0 spiro atoms. The second-order valence-electron chi connectivity index (χ2n) is 8.50. The van der Waals surface area contributed by atoms with Crippen molar-refractivity contribution in [3.8, 4) is 11.1 Å². The molecular formula is C26H23FN3O5PS. The predicted molar refractivity (Wildman–Crippen MR) is 142 cm³/mol. The standard InChI is InChI=1S/C26H23FN3O5PS/c1-4-15(2)16-7-10-22-20(13-16)23(19-6-5-11-28-25(19)31)24(26(32)29-37(3,34)35)30(22)14-17-12-18(36-33)8-9-21(17)27/h4-13H,14H2,1-3H3,(H,28,31)(H,29,32)/b15-4+. The van der Waals surface area contributed by atoms with E-state index in [1.807, 2.05) is 36.8 Å². The Morgan fingerprint density at radius 1 is 1.19 bits per heavy atom. The van der Waals surface area contributed by atoms with E-state index >= 15 is 0 Å². The maximum atomic E-state index is 14.8. The lowest BCUT2D eigenvalue weighted by molar-refractivity contribution is 0.0974. The monoisotopic (exact) mass is 539 g/mol. The molecule has 0 aliphatic carbocycles. The van der Waals surface area contributed by atoms with E-state index in [0.29, 0.717) is 16.2 Å². The normalized spacial score (nSPS) is 12.3. The van der Waals surface area contributed by atoms with Gasteiger partial charge in [0.25, 0.3) is 11.5 Å². The number of nitrogens with zero attached hydrogens (tertiary/aromatic N) is 1. The van der Waals surface area contributed by atoms with E-state index in [2.05, 4.69) is 4.98 Å². The minimum Gasteiger partial charge on any atom is -0.331 e. The molecule has 190 valence electrons. The molecule has 0 atom stereocenters. The number of halogens is 1. The lowest BCUT2D eigenvalue weighted by Gasteiger charge is -2.13. The second-order valence-corrected chi connectivity index (χ2v) is 10.9. The number of benzene rings is 2. The van der Waals surface area contributed by atoms with Crippen LogP contribution in [0.1, 0.15) is 35.5 Å². The van der Waals surface area contributed by atoms with Gasteiger partial charge in [-0.25, -0.2) is 17.5 Å². The topological polar surface area (TPSA) is 118 Å². The number of pyridine rings is 1. The molecule has 0 fully saturated rings. The molecule has 2 heterocycles. The molecule has 37 heavy (non-hydrogen) atoms. The fourth-order valence-electron chi connectivity index (χ4n) is 4.18. The molecule has 0 aliphatic heterocycles. The van der Waals surface area contributed by atoms with E-state index < -0.39 is 27.3 Å². The molecular weight excluding hydrogens is 516 g/mol. The number of aromatic amines is 1. The molecule has 2 aromatic heterocycles. The van der Waals surface area contributed by atoms with Crippen LogP contribution in [0, 0.1) is 5.82 Å². The van der Waals surface area contributed by atoms with Gasteiger partial charge < -0.3 is 9.55 Å². The van der Waals surface area contributed by atoms with Crippen LogP contribution < -0.4 is 15.6 Å². The SMILES string of the molecule is C/C=C(\C)c1ccc2c(c1)c(-c1ccc[nH]c1=O)c(C(=O)NS(C)(=O)=O)n2Cc1cc(P=O)ccc1F. The van der Waals surface area contributed by atoms with E-state index in [1.165, 1.54) is 35.0 Å². The van der Waals surface area contributed by atoms with Gasteiger partial charge in [-0.05, 0) is 67.4 Å². The van der Waals surface area contributed by atoms with Crippen LogP contribution in [0.25, 0.3) is 27.6 Å². The Bertz CT molecular complexity index is 1760. The highest BCUT2D eigenvalue weighted by atomic mass is 32.2. The van der Waals surface area contributed by atoms with Gasteiger partial charge in [-0.1, -0.05) is 12.1 Å². The minimum atomic E-state index is -3.98. The Morgan fingerprint density at radius 3 is 2.59 bits per heavy atom. The molecule has 8 nitrogen and oxygen atoms in total. The van der Waals surface area contributed by atoms with Gasteiger partial charge in [0.2, 0.25) is 10.0 Å². The zero-order chi connectivity index (χ0) is 26.9. The highest BCUT2D eigenvalue weighted by Crippen LogP contribution is 2.36. The molecule has 1 amide bonds. The Labute approximate surface area is 214 Å². The molecule has 4 rings (SSSR count). The van der Waals surface area contributed by atoms with Crippen molar-refractivity contribution in [2.24, 2.45) is 0 Å². The maximum absolute atomic E-state index is 14.8. The number of allylic oxidation sites excluding steroid dienone is 2. The van der Waals surface area contributed by atoms with Gasteiger partial charge in [-0.3, -0.25) is 14.2 Å². The van der Waals surface area contributed by atoms with Gasteiger partial charge >= 0.3 is 0 Å². The van der Waals surface area contributed by atoms with Crippen LogP contribution in [0.4, 0.5) is 4.39 Å².